The lowest BCUT2D eigenvalue weighted by atomic mass is 10.1. The minimum Gasteiger partial charge on any atom is -0.497 e. The summed E-state index contributed by atoms with van der Waals surface area (Å²) in [5.74, 6) is 0.798. The summed E-state index contributed by atoms with van der Waals surface area (Å²) in [5, 5.41) is 8.96. The highest BCUT2D eigenvalue weighted by atomic mass is 16.5. The highest BCUT2D eigenvalue weighted by molar-refractivity contribution is 5.85. The standard InChI is InChI=1S/C15H12N2O/c1-18-15-8-6-14(7-9-15)17-11-13-5-3-2-4-12(13)10-16/h2-9,11H,1H3. The van der Waals surface area contributed by atoms with E-state index in [1.54, 1.807) is 19.4 Å². The van der Waals surface area contributed by atoms with E-state index in [1.807, 2.05) is 42.5 Å². The molecule has 0 spiro atoms. The van der Waals surface area contributed by atoms with E-state index in [9.17, 15) is 0 Å². The molecule has 0 unspecified atom stereocenters. The highest BCUT2D eigenvalue weighted by Crippen LogP contribution is 2.17. The minimum atomic E-state index is 0.620. The maximum Gasteiger partial charge on any atom is 0.119 e. The Morgan fingerprint density at radius 2 is 1.83 bits per heavy atom. The van der Waals surface area contributed by atoms with Gasteiger partial charge < -0.3 is 4.74 Å². The van der Waals surface area contributed by atoms with Gasteiger partial charge in [0, 0.05) is 11.8 Å². The van der Waals surface area contributed by atoms with Crippen LogP contribution in [0.1, 0.15) is 11.1 Å². The molecule has 0 atom stereocenters. The summed E-state index contributed by atoms with van der Waals surface area (Å²) in [4.78, 5) is 4.33. The number of methoxy groups -OCH3 is 1. The smallest absolute Gasteiger partial charge is 0.119 e. The quantitative estimate of drug-likeness (QED) is 0.767. The van der Waals surface area contributed by atoms with Crippen LogP contribution >= 0.6 is 0 Å². The van der Waals surface area contributed by atoms with E-state index in [4.69, 9.17) is 10.00 Å². The van der Waals surface area contributed by atoms with Crippen molar-refractivity contribution in [3.8, 4) is 11.8 Å². The number of aliphatic imine (C=N–C) groups is 1. The summed E-state index contributed by atoms with van der Waals surface area (Å²) in [7, 11) is 1.63. The molecule has 0 saturated heterocycles. The second kappa shape index (κ2) is 5.65. The average molecular weight is 236 g/mol. The van der Waals surface area contributed by atoms with Crippen molar-refractivity contribution in [3.63, 3.8) is 0 Å². The van der Waals surface area contributed by atoms with E-state index < -0.39 is 0 Å². The molecule has 0 fully saturated rings. The van der Waals surface area contributed by atoms with Gasteiger partial charge in [-0.2, -0.15) is 5.26 Å². The summed E-state index contributed by atoms with van der Waals surface area (Å²) in [6, 6.07) is 16.9. The van der Waals surface area contributed by atoms with Gasteiger partial charge in [-0.25, -0.2) is 0 Å². The van der Waals surface area contributed by atoms with Gasteiger partial charge in [-0.1, -0.05) is 18.2 Å². The Morgan fingerprint density at radius 1 is 1.11 bits per heavy atom. The summed E-state index contributed by atoms with van der Waals surface area (Å²) >= 11 is 0. The largest absolute Gasteiger partial charge is 0.497 e. The zero-order valence-electron chi connectivity index (χ0n) is 10.00. The van der Waals surface area contributed by atoms with Crippen LogP contribution in [0.15, 0.2) is 53.5 Å². The van der Waals surface area contributed by atoms with Gasteiger partial charge in [-0.3, -0.25) is 4.99 Å². The molecule has 0 amide bonds. The SMILES string of the molecule is COc1ccc(N=Cc2ccccc2C#N)cc1. The summed E-state index contributed by atoms with van der Waals surface area (Å²) in [6.07, 6.45) is 1.69. The number of ether oxygens (including phenoxy) is 1. The van der Waals surface area contributed by atoms with E-state index in [0.29, 0.717) is 5.56 Å². The van der Waals surface area contributed by atoms with E-state index in [1.165, 1.54) is 0 Å². The van der Waals surface area contributed by atoms with E-state index in [2.05, 4.69) is 11.1 Å². The van der Waals surface area contributed by atoms with Gasteiger partial charge >= 0.3 is 0 Å². The highest BCUT2D eigenvalue weighted by Gasteiger charge is 1.97. The number of hydrogen-bond donors (Lipinski definition) is 0. The zero-order chi connectivity index (χ0) is 12.8. The summed E-state index contributed by atoms with van der Waals surface area (Å²) in [5.41, 5.74) is 2.26. The molecule has 2 aromatic rings. The minimum absolute atomic E-state index is 0.620. The molecule has 0 heterocycles. The van der Waals surface area contributed by atoms with Gasteiger partial charge in [0.25, 0.3) is 0 Å². The van der Waals surface area contributed by atoms with Crippen molar-refractivity contribution in [2.45, 2.75) is 0 Å². The van der Waals surface area contributed by atoms with Crippen LogP contribution in [0.4, 0.5) is 5.69 Å². The molecule has 0 aliphatic rings. The van der Waals surface area contributed by atoms with Crippen LogP contribution in [0.2, 0.25) is 0 Å². The fourth-order valence-corrected chi connectivity index (χ4v) is 1.52. The lowest BCUT2D eigenvalue weighted by molar-refractivity contribution is 0.415. The first-order chi connectivity index (χ1) is 8.83. The third-order valence-corrected chi connectivity index (χ3v) is 2.51. The van der Waals surface area contributed by atoms with Crippen LogP contribution in [0.3, 0.4) is 0 Å². The number of hydrogen-bond acceptors (Lipinski definition) is 3. The molecule has 3 nitrogen and oxygen atoms in total. The lowest BCUT2D eigenvalue weighted by Crippen LogP contribution is -1.86. The third kappa shape index (κ3) is 2.74. The predicted octanol–water partition coefficient (Wildman–Crippen LogP) is 3.32. The van der Waals surface area contributed by atoms with Crippen molar-refractivity contribution in [1.82, 2.24) is 0 Å². The maximum absolute atomic E-state index is 8.96. The summed E-state index contributed by atoms with van der Waals surface area (Å²) < 4.78 is 5.07. The first-order valence-electron chi connectivity index (χ1n) is 5.51. The van der Waals surface area contributed by atoms with Crippen molar-refractivity contribution in [1.29, 1.82) is 5.26 Å². The molecule has 2 rings (SSSR count). The van der Waals surface area contributed by atoms with Crippen LogP contribution < -0.4 is 4.74 Å². The Labute approximate surface area is 106 Å². The van der Waals surface area contributed by atoms with Crippen molar-refractivity contribution in [2.24, 2.45) is 4.99 Å². The molecule has 0 saturated carbocycles. The van der Waals surface area contributed by atoms with Gasteiger partial charge in [-0.15, -0.1) is 0 Å². The van der Waals surface area contributed by atoms with Crippen molar-refractivity contribution in [2.75, 3.05) is 7.11 Å². The summed E-state index contributed by atoms with van der Waals surface area (Å²) in [6.45, 7) is 0. The van der Waals surface area contributed by atoms with Crippen LogP contribution in [0.25, 0.3) is 0 Å². The Morgan fingerprint density at radius 3 is 2.50 bits per heavy atom. The molecule has 88 valence electrons. The molecule has 0 radical (unpaired) electrons. The van der Waals surface area contributed by atoms with Crippen molar-refractivity contribution < 1.29 is 4.74 Å². The number of nitrogens with zero attached hydrogens (tertiary/aromatic N) is 2. The monoisotopic (exact) mass is 236 g/mol. The Hall–Kier alpha value is -2.60. The molecule has 0 aliphatic carbocycles. The van der Waals surface area contributed by atoms with Crippen LogP contribution in [0.5, 0.6) is 5.75 Å². The lowest BCUT2D eigenvalue weighted by Gasteiger charge is -1.99. The van der Waals surface area contributed by atoms with Gasteiger partial charge in [0.05, 0.1) is 24.4 Å². The van der Waals surface area contributed by atoms with Crippen LogP contribution in [-0.2, 0) is 0 Å². The first-order valence-corrected chi connectivity index (χ1v) is 5.51. The Kier molecular flexibility index (Phi) is 3.72. The first kappa shape index (κ1) is 11.9. The normalized spacial score (nSPS) is 10.2. The maximum atomic E-state index is 8.96. The van der Waals surface area contributed by atoms with Crippen LogP contribution in [0, 0.1) is 11.3 Å². The molecule has 0 aliphatic heterocycles. The van der Waals surface area contributed by atoms with Crippen molar-refractivity contribution >= 4 is 11.9 Å². The van der Waals surface area contributed by atoms with Gasteiger partial charge in [0.2, 0.25) is 0 Å². The molecule has 2 aromatic carbocycles. The third-order valence-electron chi connectivity index (χ3n) is 2.51. The van der Waals surface area contributed by atoms with E-state index >= 15 is 0 Å². The number of nitriles is 1. The van der Waals surface area contributed by atoms with Gasteiger partial charge in [0.1, 0.15) is 5.75 Å². The zero-order valence-corrected chi connectivity index (χ0v) is 10.00. The average Bonchev–Trinajstić information content (AvgIpc) is 2.46. The number of rotatable bonds is 3. The molecule has 3 heteroatoms. The van der Waals surface area contributed by atoms with Crippen LogP contribution in [-0.4, -0.2) is 13.3 Å². The van der Waals surface area contributed by atoms with E-state index in [-0.39, 0.29) is 0 Å². The van der Waals surface area contributed by atoms with E-state index in [0.717, 1.165) is 17.0 Å². The topological polar surface area (TPSA) is 45.4 Å². The molecular weight excluding hydrogens is 224 g/mol. The van der Waals surface area contributed by atoms with Gasteiger partial charge in [-0.05, 0) is 30.3 Å². The Balaban J connectivity index is 2.22. The fraction of sp³-hybridized carbons (Fsp3) is 0.0667. The molecule has 18 heavy (non-hydrogen) atoms. The fourth-order valence-electron chi connectivity index (χ4n) is 1.52. The Bertz CT molecular complexity index is 595. The molecule has 0 N–H and O–H groups in total. The molecule has 0 aromatic heterocycles. The van der Waals surface area contributed by atoms with Crippen molar-refractivity contribution in [3.05, 3.63) is 59.7 Å². The van der Waals surface area contributed by atoms with Gasteiger partial charge in [0.15, 0.2) is 0 Å². The number of benzene rings is 2. The molecule has 0 bridgehead atoms. The second-order valence-electron chi connectivity index (χ2n) is 3.66. The predicted molar refractivity (Wildman–Crippen MR) is 71.4 cm³/mol. The second-order valence-corrected chi connectivity index (χ2v) is 3.66. The molecular formula is C15H12N2O.